The molecule has 2 aromatic rings. The van der Waals surface area contributed by atoms with Crippen molar-refractivity contribution >= 4 is 28.9 Å². The molecule has 2 rings (SSSR count). The lowest BCUT2D eigenvalue weighted by Gasteiger charge is -2.25. The second-order valence-corrected chi connectivity index (χ2v) is 7.57. The van der Waals surface area contributed by atoms with E-state index >= 15 is 0 Å². The van der Waals surface area contributed by atoms with Crippen molar-refractivity contribution < 1.29 is 9.59 Å². The van der Waals surface area contributed by atoms with Crippen LogP contribution in [0.3, 0.4) is 0 Å². The van der Waals surface area contributed by atoms with Gasteiger partial charge in [0.15, 0.2) is 0 Å². The average Bonchev–Trinajstić information content (AvgIpc) is 2.68. The van der Waals surface area contributed by atoms with Crippen LogP contribution in [0.15, 0.2) is 48.5 Å². The largest absolute Gasteiger partial charge is 0.378 e. The summed E-state index contributed by atoms with van der Waals surface area (Å²) in [6.45, 7) is 0.333. The van der Waals surface area contributed by atoms with Crippen LogP contribution < -0.4 is 20.4 Å². The third kappa shape index (κ3) is 6.22. The van der Waals surface area contributed by atoms with Crippen LogP contribution in [0.25, 0.3) is 0 Å². The van der Waals surface area contributed by atoms with E-state index < -0.39 is 11.8 Å². The van der Waals surface area contributed by atoms with Crippen molar-refractivity contribution in [2.75, 3.05) is 63.9 Å². The van der Waals surface area contributed by atoms with E-state index in [1.807, 2.05) is 93.4 Å². The molecule has 0 heterocycles. The van der Waals surface area contributed by atoms with E-state index in [4.69, 9.17) is 0 Å². The first kappa shape index (κ1) is 22.2. The van der Waals surface area contributed by atoms with Gasteiger partial charge in [-0.05, 0) is 56.1 Å². The monoisotopic (exact) mass is 397 g/mol. The number of hydrogen-bond acceptors (Lipinski definition) is 5. The maximum atomic E-state index is 12.3. The summed E-state index contributed by atoms with van der Waals surface area (Å²) in [5.74, 6) is -1.33. The van der Waals surface area contributed by atoms with E-state index in [-0.39, 0.29) is 6.04 Å². The molecule has 2 aromatic carbocycles. The second-order valence-electron chi connectivity index (χ2n) is 7.57. The second kappa shape index (κ2) is 9.93. The molecule has 2 amide bonds. The maximum Gasteiger partial charge on any atom is 0.313 e. The fourth-order valence-corrected chi connectivity index (χ4v) is 2.89. The number of nitrogens with one attached hydrogen (secondary N) is 2. The van der Waals surface area contributed by atoms with E-state index in [9.17, 15) is 9.59 Å². The number of amides is 2. The summed E-state index contributed by atoms with van der Waals surface area (Å²) in [6.07, 6.45) is 0. The van der Waals surface area contributed by atoms with Crippen molar-refractivity contribution in [3.63, 3.8) is 0 Å². The Balaban J connectivity index is 1.96. The Morgan fingerprint density at radius 3 is 1.69 bits per heavy atom. The molecule has 1 unspecified atom stereocenters. The van der Waals surface area contributed by atoms with Crippen molar-refractivity contribution in [2.45, 2.75) is 6.04 Å². The van der Waals surface area contributed by atoms with Gasteiger partial charge < -0.3 is 25.3 Å². The molecule has 29 heavy (non-hydrogen) atoms. The van der Waals surface area contributed by atoms with Gasteiger partial charge in [-0.3, -0.25) is 9.59 Å². The molecule has 2 N–H and O–H groups in total. The van der Waals surface area contributed by atoms with Crippen LogP contribution >= 0.6 is 0 Å². The zero-order chi connectivity index (χ0) is 21.6. The van der Waals surface area contributed by atoms with Crippen molar-refractivity contribution in [2.24, 2.45) is 0 Å². The number of nitrogens with zero attached hydrogens (tertiary/aromatic N) is 3. The lowest BCUT2D eigenvalue weighted by atomic mass is 10.1. The van der Waals surface area contributed by atoms with Gasteiger partial charge in [-0.25, -0.2) is 0 Å². The Morgan fingerprint density at radius 1 is 0.759 bits per heavy atom. The van der Waals surface area contributed by atoms with Crippen molar-refractivity contribution in [3.8, 4) is 0 Å². The molecule has 0 aliphatic rings. The smallest absolute Gasteiger partial charge is 0.313 e. The Hall–Kier alpha value is -3.06. The van der Waals surface area contributed by atoms with Crippen molar-refractivity contribution in [1.29, 1.82) is 0 Å². The average molecular weight is 398 g/mol. The predicted octanol–water partition coefficient (Wildman–Crippen LogP) is 2.18. The molecular formula is C22H31N5O2. The van der Waals surface area contributed by atoms with Crippen LogP contribution in [0.1, 0.15) is 11.6 Å². The zero-order valence-corrected chi connectivity index (χ0v) is 18.1. The van der Waals surface area contributed by atoms with E-state index in [1.165, 1.54) is 0 Å². The molecule has 7 heteroatoms. The molecule has 1 atom stereocenters. The number of likely N-dealkylation sites (N-methyl/N-ethyl adjacent to an activating group) is 1. The summed E-state index contributed by atoms with van der Waals surface area (Å²) < 4.78 is 0. The number of carbonyl (C=O) groups is 2. The van der Waals surface area contributed by atoms with Crippen LogP contribution in [-0.4, -0.2) is 65.5 Å². The summed E-state index contributed by atoms with van der Waals surface area (Å²) in [5, 5.41) is 5.37. The highest BCUT2D eigenvalue weighted by molar-refractivity contribution is 6.39. The summed E-state index contributed by atoms with van der Waals surface area (Å²) in [5.41, 5.74) is 3.77. The first-order valence-electron chi connectivity index (χ1n) is 9.49. The van der Waals surface area contributed by atoms with Crippen molar-refractivity contribution in [3.05, 3.63) is 54.1 Å². The maximum absolute atomic E-state index is 12.3. The lowest BCUT2D eigenvalue weighted by Crippen LogP contribution is -2.40. The Bertz CT molecular complexity index is 814. The molecule has 0 aliphatic heterocycles. The van der Waals surface area contributed by atoms with Gasteiger partial charge >= 0.3 is 11.8 Å². The molecule has 0 aliphatic carbocycles. The SMILES string of the molecule is CN(C)c1ccc(NC(=O)C(=O)NCC(c2ccc(N(C)C)cc2)N(C)C)cc1. The minimum Gasteiger partial charge on any atom is -0.378 e. The molecule has 0 saturated heterocycles. The Labute approximate surface area is 173 Å². The van der Waals surface area contributed by atoms with Gasteiger partial charge in [0, 0.05) is 51.8 Å². The first-order valence-corrected chi connectivity index (χ1v) is 9.49. The molecule has 0 aromatic heterocycles. The molecule has 0 fully saturated rings. The van der Waals surface area contributed by atoms with Gasteiger partial charge in [0.2, 0.25) is 0 Å². The molecule has 0 spiro atoms. The molecule has 0 saturated carbocycles. The minimum atomic E-state index is -0.678. The van der Waals surface area contributed by atoms with E-state index in [2.05, 4.69) is 10.6 Å². The number of anilines is 3. The van der Waals surface area contributed by atoms with Gasteiger partial charge in [0.05, 0.1) is 6.04 Å². The highest BCUT2D eigenvalue weighted by Crippen LogP contribution is 2.21. The van der Waals surface area contributed by atoms with Crippen LogP contribution in [0.5, 0.6) is 0 Å². The van der Waals surface area contributed by atoms with Gasteiger partial charge in [0.1, 0.15) is 0 Å². The predicted molar refractivity (Wildman–Crippen MR) is 120 cm³/mol. The number of rotatable bonds is 7. The van der Waals surface area contributed by atoms with Gasteiger partial charge in [-0.15, -0.1) is 0 Å². The molecule has 7 nitrogen and oxygen atoms in total. The summed E-state index contributed by atoms with van der Waals surface area (Å²) in [4.78, 5) is 30.5. The van der Waals surface area contributed by atoms with Crippen LogP contribution in [0.2, 0.25) is 0 Å². The highest BCUT2D eigenvalue weighted by atomic mass is 16.2. The Kier molecular flexibility index (Phi) is 7.61. The van der Waals surface area contributed by atoms with Gasteiger partial charge in [-0.2, -0.15) is 0 Å². The van der Waals surface area contributed by atoms with Gasteiger partial charge in [0.25, 0.3) is 0 Å². The summed E-state index contributed by atoms with van der Waals surface area (Å²) in [7, 11) is 11.8. The number of carbonyl (C=O) groups excluding carboxylic acids is 2. The van der Waals surface area contributed by atoms with Crippen LogP contribution in [0, 0.1) is 0 Å². The lowest BCUT2D eigenvalue weighted by molar-refractivity contribution is -0.136. The summed E-state index contributed by atoms with van der Waals surface area (Å²) >= 11 is 0. The highest BCUT2D eigenvalue weighted by Gasteiger charge is 2.19. The first-order chi connectivity index (χ1) is 13.7. The van der Waals surface area contributed by atoms with Crippen LogP contribution in [0.4, 0.5) is 17.1 Å². The van der Waals surface area contributed by atoms with E-state index in [1.54, 1.807) is 12.1 Å². The number of hydrogen-bond donors (Lipinski definition) is 2. The molecular weight excluding hydrogens is 366 g/mol. The molecule has 0 bridgehead atoms. The third-order valence-electron chi connectivity index (χ3n) is 4.72. The van der Waals surface area contributed by atoms with Crippen molar-refractivity contribution in [1.82, 2.24) is 10.2 Å². The van der Waals surface area contributed by atoms with Gasteiger partial charge in [-0.1, -0.05) is 12.1 Å². The van der Waals surface area contributed by atoms with E-state index in [0.29, 0.717) is 12.2 Å². The fourth-order valence-electron chi connectivity index (χ4n) is 2.89. The minimum absolute atomic E-state index is 0.0395. The molecule has 0 radical (unpaired) electrons. The fraction of sp³-hybridized carbons (Fsp3) is 0.364. The normalized spacial score (nSPS) is 11.7. The third-order valence-corrected chi connectivity index (χ3v) is 4.72. The zero-order valence-electron chi connectivity index (χ0n) is 18.1. The summed E-state index contributed by atoms with van der Waals surface area (Å²) in [6, 6.07) is 15.4. The quantitative estimate of drug-likeness (QED) is 0.701. The van der Waals surface area contributed by atoms with E-state index in [0.717, 1.165) is 16.9 Å². The molecule has 156 valence electrons. The number of benzene rings is 2. The Morgan fingerprint density at radius 2 is 1.24 bits per heavy atom. The standard InChI is InChI=1S/C22H31N5O2/c1-25(2)18-11-7-16(8-12-18)20(27(5)6)15-23-21(28)22(29)24-17-9-13-19(14-10-17)26(3)4/h7-14,20H,15H2,1-6H3,(H,23,28)(H,24,29). The topological polar surface area (TPSA) is 67.9 Å². The van der Waals surface area contributed by atoms with Crippen LogP contribution in [-0.2, 0) is 9.59 Å².